The van der Waals surface area contributed by atoms with Gasteiger partial charge in [0.15, 0.2) is 0 Å². The van der Waals surface area contributed by atoms with Crippen molar-refractivity contribution in [3.05, 3.63) is 11.2 Å². The molecule has 0 heterocycles. The number of hydrogen-bond donors (Lipinski definition) is 1. The minimum Gasteiger partial charge on any atom is -0.415 e. The average molecular weight is 444 g/mol. The lowest BCUT2D eigenvalue weighted by Gasteiger charge is -2.35. The molecular formula is C7HF13O5S. The first kappa shape index (κ1) is 24.5. The van der Waals surface area contributed by atoms with Crippen LogP contribution in [0, 0.1) is 0 Å². The maximum absolute atomic E-state index is 13.4. The molecule has 0 rings (SSSR count). The van der Waals surface area contributed by atoms with Gasteiger partial charge in [-0.3, -0.25) is 4.55 Å². The molecule has 5 nitrogen and oxygen atoms in total. The average Bonchev–Trinajstić information content (AvgIpc) is 2.32. The molecule has 0 aromatic heterocycles. The van der Waals surface area contributed by atoms with Gasteiger partial charge in [-0.2, -0.15) is 65.5 Å². The molecule has 1 N–H and O–H groups in total. The largest absolute Gasteiger partial charge is 0.483 e. The molecule has 156 valence electrons. The van der Waals surface area contributed by atoms with E-state index in [2.05, 4.69) is 0 Å². The monoisotopic (exact) mass is 444 g/mol. The van der Waals surface area contributed by atoms with Gasteiger partial charge in [-0.15, -0.1) is 0 Å². The van der Waals surface area contributed by atoms with Gasteiger partial charge in [-0.1, -0.05) is 0 Å². The maximum atomic E-state index is 13.4. The van der Waals surface area contributed by atoms with Gasteiger partial charge in [0, 0.05) is 0 Å². The lowest BCUT2D eigenvalue weighted by molar-refractivity contribution is -0.522. The van der Waals surface area contributed by atoms with Gasteiger partial charge in [0.1, 0.15) is 0 Å². The van der Waals surface area contributed by atoms with Crippen LogP contribution in [0.2, 0.25) is 0 Å². The normalized spacial score (nSPS) is 18.2. The zero-order valence-corrected chi connectivity index (χ0v) is 11.7. The highest BCUT2D eigenvalue weighted by molar-refractivity contribution is 7.89. The van der Waals surface area contributed by atoms with Gasteiger partial charge in [-0.25, -0.2) is 4.74 Å². The van der Waals surface area contributed by atoms with Gasteiger partial charge in [0.25, 0.3) is 0 Å². The standard InChI is InChI=1S/C7HF13O5S/c8-1(2(9)26(21,22)23)24-3(10,4(11,12)13)6(17,18)25-7(19,20)5(14,15)16/h(H,21,22,23). The topological polar surface area (TPSA) is 72.8 Å². The molecule has 0 aliphatic rings. The third kappa shape index (κ3) is 4.81. The second-order valence-electron chi connectivity index (χ2n) is 3.85. The van der Waals surface area contributed by atoms with Crippen LogP contribution in [0.4, 0.5) is 57.1 Å². The predicted molar refractivity (Wildman–Crippen MR) is 48.8 cm³/mol. The van der Waals surface area contributed by atoms with E-state index in [1.165, 1.54) is 4.74 Å². The van der Waals surface area contributed by atoms with E-state index in [9.17, 15) is 65.5 Å². The summed E-state index contributed by atoms with van der Waals surface area (Å²) in [5.74, 6) is -7.30. The second-order valence-corrected chi connectivity index (χ2v) is 5.16. The van der Waals surface area contributed by atoms with Crippen molar-refractivity contribution in [1.29, 1.82) is 0 Å². The van der Waals surface area contributed by atoms with Crippen LogP contribution in [0.5, 0.6) is 0 Å². The van der Waals surface area contributed by atoms with E-state index in [1.807, 2.05) is 4.74 Å². The van der Waals surface area contributed by atoms with Crippen LogP contribution in [0.1, 0.15) is 0 Å². The number of rotatable bonds is 6. The van der Waals surface area contributed by atoms with Crippen molar-refractivity contribution in [3.63, 3.8) is 0 Å². The van der Waals surface area contributed by atoms with Crippen molar-refractivity contribution in [3.8, 4) is 0 Å². The fourth-order valence-corrected chi connectivity index (χ4v) is 1.08. The van der Waals surface area contributed by atoms with Crippen molar-refractivity contribution in [2.24, 2.45) is 0 Å². The van der Waals surface area contributed by atoms with Gasteiger partial charge < -0.3 is 4.74 Å². The first-order valence-corrected chi connectivity index (χ1v) is 6.43. The van der Waals surface area contributed by atoms with Crippen LogP contribution in [-0.2, 0) is 19.6 Å². The van der Waals surface area contributed by atoms with E-state index < -0.39 is 51.7 Å². The minimum atomic E-state index is -7.43. The molecule has 0 saturated carbocycles. The number of alkyl halides is 11. The van der Waals surface area contributed by atoms with E-state index in [-0.39, 0.29) is 0 Å². The first-order chi connectivity index (χ1) is 11.0. The Morgan fingerprint density at radius 2 is 1.12 bits per heavy atom. The quantitative estimate of drug-likeness (QED) is 0.382. The van der Waals surface area contributed by atoms with Crippen LogP contribution in [-0.4, -0.2) is 43.4 Å². The Hall–Kier alpha value is -1.50. The molecule has 0 aliphatic heterocycles. The molecule has 1 atom stereocenters. The van der Waals surface area contributed by atoms with Crippen LogP contribution in [0.25, 0.3) is 0 Å². The Morgan fingerprint density at radius 1 is 0.731 bits per heavy atom. The van der Waals surface area contributed by atoms with E-state index in [0.717, 1.165) is 0 Å². The molecule has 0 radical (unpaired) electrons. The molecule has 0 aromatic carbocycles. The highest BCUT2D eigenvalue weighted by atomic mass is 32.2. The summed E-state index contributed by atoms with van der Waals surface area (Å²) in [6.45, 7) is 0. The molecule has 0 bridgehead atoms. The van der Waals surface area contributed by atoms with Gasteiger partial charge >= 0.3 is 51.7 Å². The zero-order chi connectivity index (χ0) is 21.6. The van der Waals surface area contributed by atoms with Crippen LogP contribution in [0.3, 0.4) is 0 Å². The fourth-order valence-electron chi connectivity index (χ4n) is 0.832. The van der Waals surface area contributed by atoms with Crippen molar-refractivity contribution >= 4 is 10.1 Å². The summed E-state index contributed by atoms with van der Waals surface area (Å²) in [7, 11) is -6.46. The first-order valence-electron chi connectivity index (χ1n) is 4.99. The van der Waals surface area contributed by atoms with Crippen molar-refractivity contribution < 1.29 is 79.5 Å². The van der Waals surface area contributed by atoms with Gasteiger partial charge in [0.05, 0.1) is 0 Å². The third-order valence-corrected chi connectivity index (χ3v) is 2.55. The Morgan fingerprint density at radius 3 is 1.38 bits per heavy atom. The Labute approximate surface area is 132 Å². The summed E-state index contributed by atoms with van der Waals surface area (Å²) in [5.41, 5.74) is 0. The van der Waals surface area contributed by atoms with Gasteiger partial charge in [-0.05, 0) is 0 Å². The maximum Gasteiger partial charge on any atom is 0.483 e. The van der Waals surface area contributed by atoms with E-state index in [4.69, 9.17) is 4.55 Å². The summed E-state index contributed by atoms with van der Waals surface area (Å²) in [5, 5.41) is -3.85. The summed E-state index contributed by atoms with van der Waals surface area (Å²) < 4.78 is 192. The highest BCUT2D eigenvalue weighted by Crippen LogP contribution is 2.52. The molecule has 19 heteroatoms. The SMILES string of the molecule is O=S(=O)(O)C(F)=C(F)OC(F)(C(F)(F)F)C(F)(F)OC(F)(F)C(F)(F)F. The van der Waals surface area contributed by atoms with Crippen LogP contribution in [0.15, 0.2) is 11.2 Å². The molecule has 1 unspecified atom stereocenters. The lowest BCUT2D eigenvalue weighted by Crippen LogP contribution is -2.61. The van der Waals surface area contributed by atoms with Crippen molar-refractivity contribution in [2.75, 3.05) is 0 Å². The van der Waals surface area contributed by atoms with Gasteiger partial charge in [0.2, 0.25) is 0 Å². The van der Waals surface area contributed by atoms with Crippen molar-refractivity contribution in [2.45, 2.75) is 30.4 Å². The third-order valence-electron chi connectivity index (χ3n) is 1.94. The smallest absolute Gasteiger partial charge is 0.415 e. The fraction of sp³-hybridized carbons (Fsp3) is 0.714. The molecule has 26 heavy (non-hydrogen) atoms. The highest BCUT2D eigenvalue weighted by Gasteiger charge is 2.80. The Bertz CT molecular complexity index is 661. The minimum absolute atomic E-state index is 1.41. The summed E-state index contributed by atoms with van der Waals surface area (Å²) in [6.07, 6.45) is -29.1. The molecule has 0 aromatic rings. The molecule has 0 aliphatic carbocycles. The number of halogens is 13. The molecule has 0 spiro atoms. The van der Waals surface area contributed by atoms with E-state index >= 15 is 0 Å². The predicted octanol–water partition coefficient (Wildman–Crippen LogP) is 3.95. The summed E-state index contributed by atoms with van der Waals surface area (Å²) >= 11 is 0. The van der Waals surface area contributed by atoms with Crippen LogP contribution < -0.4 is 0 Å². The summed E-state index contributed by atoms with van der Waals surface area (Å²) in [6, 6.07) is -4.11. The number of ether oxygens (including phenoxy) is 2. The number of hydrogen-bond acceptors (Lipinski definition) is 4. The molecule has 0 fully saturated rings. The Kier molecular flexibility index (Phi) is 6.21. The Balaban J connectivity index is 6.28. The van der Waals surface area contributed by atoms with Crippen molar-refractivity contribution in [1.82, 2.24) is 0 Å². The second kappa shape index (κ2) is 6.59. The van der Waals surface area contributed by atoms with E-state index in [1.54, 1.807) is 0 Å². The lowest BCUT2D eigenvalue weighted by atomic mass is 10.2. The van der Waals surface area contributed by atoms with E-state index in [0.29, 0.717) is 0 Å². The van der Waals surface area contributed by atoms with Crippen LogP contribution >= 0.6 is 0 Å². The molecule has 0 amide bonds. The zero-order valence-electron chi connectivity index (χ0n) is 10.9. The molecular weight excluding hydrogens is 443 g/mol. The summed E-state index contributed by atoms with van der Waals surface area (Å²) in [4.78, 5) is 0. The molecule has 0 saturated heterocycles.